The van der Waals surface area contributed by atoms with Gasteiger partial charge in [-0.3, -0.25) is 4.79 Å². The van der Waals surface area contributed by atoms with Crippen LogP contribution in [0.4, 0.5) is 4.39 Å². The molecule has 3 nitrogen and oxygen atoms in total. The topological polar surface area (TPSA) is 34.4 Å². The number of aryl methyl sites for hydroxylation is 1. The molecule has 6 heteroatoms. The Kier molecular flexibility index (Phi) is 4.64. The van der Waals surface area contributed by atoms with Gasteiger partial charge >= 0.3 is 0 Å². The third-order valence-corrected chi connectivity index (χ3v) is 4.92. The van der Waals surface area contributed by atoms with E-state index in [2.05, 4.69) is 4.99 Å². The number of hydrogen-bond acceptors (Lipinski definition) is 2. The van der Waals surface area contributed by atoms with Gasteiger partial charge in [-0.25, -0.2) is 4.39 Å². The minimum absolute atomic E-state index is 0.0309. The Bertz CT molecular complexity index is 973. The van der Waals surface area contributed by atoms with Crippen LogP contribution in [-0.4, -0.2) is 10.5 Å². The van der Waals surface area contributed by atoms with Gasteiger partial charge in [0, 0.05) is 16.9 Å². The summed E-state index contributed by atoms with van der Waals surface area (Å²) in [7, 11) is 1.83. The molecule has 3 rings (SSSR count). The average molecular weight is 361 g/mol. The maximum Gasteiger partial charge on any atom is 0.282 e. The van der Waals surface area contributed by atoms with E-state index in [4.69, 9.17) is 11.6 Å². The van der Waals surface area contributed by atoms with E-state index in [0.29, 0.717) is 9.82 Å². The Balaban J connectivity index is 2.07. The minimum atomic E-state index is -0.590. The summed E-state index contributed by atoms with van der Waals surface area (Å²) in [6.07, 6.45) is 0. The fourth-order valence-corrected chi connectivity index (χ4v) is 3.58. The fourth-order valence-electron chi connectivity index (χ4n) is 2.47. The monoisotopic (exact) mass is 360 g/mol. The van der Waals surface area contributed by atoms with Crippen LogP contribution in [0.5, 0.6) is 0 Å². The molecule has 0 aliphatic carbocycles. The Morgan fingerprint density at radius 3 is 2.50 bits per heavy atom. The summed E-state index contributed by atoms with van der Waals surface area (Å²) in [5, 5.41) is 0.661. The third-order valence-electron chi connectivity index (χ3n) is 3.62. The largest absolute Gasteiger partial charge is 0.319 e. The van der Waals surface area contributed by atoms with Crippen LogP contribution in [-0.2, 0) is 7.05 Å². The highest BCUT2D eigenvalue weighted by molar-refractivity contribution is 7.09. The van der Waals surface area contributed by atoms with Crippen LogP contribution < -0.4 is 4.80 Å². The molecule has 0 fully saturated rings. The molecule has 2 aromatic carbocycles. The fraction of sp³-hybridized carbons (Fsp3) is 0.111. The molecule has 0 bridgehead atoms. The van der Waals surface area contributed by atoms with E-state index >= 15 is 0 Å². The summed E-state index contributed by atoms with van der Waals surface area (Å²) in [5.74, 6) is -1.16. The van der Waals surface area contributed by atoms with Crippen molar-refractivity contribution < 1.29 is 9.18 Å². The lowest BCUT2D eigenvalue weighted by Gasteiger charge is -2.04. The number of amides is 1. The predicted octanol–water partition coefficient (Wildman–Crippen LogP) is 4.60. The van der Waals surface area contributed by atoms with Gasteiger partial charge < -0.3 is 4.57 Å². The standard InChI is InChI=1S/C18H14ClFN2OS/c1-11-16(12-7-9-13(19)10-8-12)22(2)18(24-11)21-17(23)14-5-3-4-6-15(14)20/h3-10H,1-2H3. The maximum atomic E-state index is 13.7. The summed E-state index contributed by atoms with van der Waals surface area (Å²) in [5.41, 5.74) is 1.91. The molecule has 122 valence electrons. The van der Waals surface area contributed by atoms with E-state index in [1.165, 1.54) is 23.5 Å². The van der Waals surface area contributed by atoms with Crippen LogP contribution in [0.25, 0.3) is 11.3 Å². The number of thiazole rings is 1. The lowest BCUT2D eigenvalue weighted by atomic mass is 10.1. The molecule has 0 aliphatic rings. The van der Waals surface area contributed by atoms with Crippen LogP contribution >= 0.6 is 22.9 Å². The van der Waals surface area contributed by atoms with Crippen molar-refractivity contribution in [1.29, 1.82) is 0 Å². The number of carbonyl (C=O) groups excluding carboxylic acids is 1. The van der Waals surface area contributed by atoms with Gasteiger partial charge in [0.1, 0.15) is 5.82 Å². The Hall–Kier alpha value is -2.24. The van der Waals surface area contributed by atoms with Crippen LogP contribution in [0.15, 0.2) is 53.5 Å². The number of nitrogens with zero attached hydrogens (tertiary/aromatic N) is 2. The number of hydrogen-bond donors (Lipinski definition) is 0. The molecule has 1 amide bonds. The Morgan fingerprint density at radius 2 is 1.83 bits per heavy atom. The second-order valence-corrected chi connectivity index (χ2v) is 6.87. The van der Waals surface area contributed by atoms with Gasteiger partial charge in [0.05, 0.1) is 11.3 Å². The van der Waals surface area contributed by atoms with Crippen molar-refractivity contribution in [2.45, 2.75) is 6.92 Å². The number of aromatic nitrogens is 1. The second kappa shape index (κ2) is 6.71. The molecule has 1 heterocycles. The molecule has 1 aromatic heterocycles. The quantitative estimate of drug-likeness (QED) is 0.657. The van der Waals surface area contributed by atoms with Gasteiger partial charge in [0.25, 0.3) is 5.91 Å². The molecular weight excluding hydrogens is 347 g/mol. The third kappa shape index (κ3) is 3.18. The lowest BCUT2D eigenvalue weighted by molar-refractivity contribution is 0.0994. The van der Waals surface area contributed by atoms with E-state index in [-0.39, 0.29) is 5.56 Å². The molecule has 0 aliphatic heterocycles. The summed E-state index contributed by atoms with van der Waals surface area (Å²) < 4.78 is 15.6. The predicted molar refractivity (Wildman–Crippen MR) is 94.8 cm³/mol. The summed E-state index contributed by atoms with van der Waals surface area (Å²) in [6.45, 7) is 1.96. The Labute approximate surface area is 147 Å². The normalized spacial score (nSPS) is 11.8. The minimum Gasteiger partial charge on any atom is -0.319 e. The molecule has 0 saturated heterocycles. The van der Waals surface area contributed by atoms with Crippen molar-refractivity contribution in [3.8, 4) is 11.3 Å². The van der Waals surface area contributed by atoms with Gasteiger partial charge in [-0.05, 0) is 36.8 Å². The zero-order valence-corrected chi connectivity index (χ0v) is 14.7. The van der Waals surface area contributed by atoms with Gasteiger partial charge in [0.2, 0.25) is 0 Å². The smallest absolute Gasteiger partial charge is 0.282 e. The van der Waals surface area contributed by atoms with Crippen molar-refractivity contribution in [3.05, 3.63) is 74.6 Å². The molecule has 24 heavy (non-hydrogen) atoms. The summed E-state index contributed by atoms with van der Waals surface area (Å²) in [6, 6.07) is 13.3. The van der Waals surface area contributed by atoms with E-state index in [0.717, 1.165) is 16.1 Å². The molecule has 0 radical (unpaired) electrons. The van der Waals surface area contributed by atoms with Gasteiger partial charge in [-0.2, -0.15) is 4.99 Å². The number of rotatable bonds is 2. The summed E-state index contributed by atoms with van der Waals surface area (Å²) in [4.78, 5) is 17.9. The van der Waals surface area contributed by atoms with Crippen molar-refractivity contribution in [3.63, 3.8) is 0 Å². The average Bonchev–Trinajstić information content (AvgIpc) is 2.83. The first-order chi connectivity index (χ1) is 11.5. The Morgan fingerprint density at radius 1 is 1.17 bits per heavy atom. The number of carbonyl (C=O) groups is 1. The first-order valence-corrected chi connectivity index (χ1v) is 8.43. The molecule has 0 saturated carbocycles. The molecule has 0 unspecified atom stereocenters. The molecule has 0 N–H and O–H groups in total. The maximum absolute atomic E-state index is 13.7. The van der Waals surface area contributed by atoms with Crippen molar-refractivity contribution in [2.24, 2.45) is 12.0 Å². The first-order valence-electron chi connectivity index (χ1n) is 7.23. The molecule has 0 atom stereocenters. The van der Waals surface area contributed by atoms with Crippen LogP contribution in [0.2, 0.25) is 5.02 Å². The van der Waals surface area contributed by atoms with Crippen LogP contribution in [0, 0.1) is 12.7 Å². The van der Waals surface area contributed by atoms with Crippen LogP contribution in [0.3, 0.4) is 0 Å². The van der Waals surface area contributed by atoms with Crippen molar-refractivity contribution >= 4 is 28.8 Å². The first kappa shape index (κ1) is 16.6. The van der Waals surface area contributed by atoms with E-state index < -0.39 is 11.7 Å². The van der Waals surface area contributed by atoms with Crippen molar-refractivity contribution in [1.82, 2.24) is 4.57 Å². The van der Waals surface area contributed by atoms with Crippen molar-refractivity contribution in [2.75, 3.05) is 0 Å². The highest BCUT2D eigenvalue weighted by atomic mass is 35.5. The zero-order chi connectivity index (χ0) is 17.3. The summed E-state index contributed by atoms with van der Waals surface area (Å²) >= 11 is 7.32. The SMILES string of the molecule is Cc1sc(=NC(=O)c2ccccc2F)n(C)c1-c1ccc(Cl)cc1. The lowest BCUT2D eigenvalue weighted by Crippen LogP contribution is -2.15. The van der Waals surface area contributed by atoms with Crippen LogP contribution in [0.1, 0.15) is 15.2 Å². The van der Waals surface area contributed by atoms with E-state index in [1.54, 1.807) is 12.1 Å². The second-order valence-electron chi connectivity index (χ2n) is 5.25. The molecule has 0 spiro atoms. The van der Waals surface area contributed by atoms with Gasteiger partial charge in [-0.15, -0.1) is 11.3 Å². The van der Waals surface area contributed by atoms with E-state index in [1.807, 2.05) is 42.8 Å². The highest BCUT2D eigenvalue weighted by Crippen LogP contribution is 2.25. The van der Waals surface area contributed by atoms with Gasteiger partial charge in [-0.1, -0.05) is 35.9 Å². The molecular formula is C18H14ClFN2OS. The molecule has 3 aromatic rings. The number of halogens is 2. The van der Waals surface area contributed by atoms with Gasteiger partial charge in [0.15, 0.2) is 4.80 Å². The highest BCUT2D eigenvalue weighted by Gasteiger charge is 2.13. The zero-order valence-electron chi connectivity index (χ0n) is 13.1. The van der Waals surface area contributed by atoms with E-state index in [9.17, 15) is 9.18 Å². The number of benzene rings is 2.